The van der Waals surface area contributed by atoms with Crippen molar-refractivity contribution in [2.75, 3.05) is 13.7 Å². The van der Waals surface area contributed by atoms with Gasteiger partial charge in [0.05, 0.1) is 12.6 Å². The normalized spacial score (nSPS) is 43.4. The number of aliphatic hydroxyl groups excluding tert-OH is 2. The minimum atomic E-state index is -0.875. The van der Waals surface area contributed by atoms with Crippen LogP contribution in [0.15, 0.2) is 0 Å². The zero-order valence-electron chi connectivity index (χ0n) is 9.23. The summed E-state index contributed by atoms with van der Waals surface area (Å²) in [6.07, 6.45) is -1.13. The zero-order valence-corrected chi connectivity index (χ0v) is 9.23. The molecule has 5 heteroatoms. The first kappa shape index (κ1) is 12.0. The lowest BCUT2D eigenvalue weighted by Gasteiger charge is -2.34. The van der Waals surface area contributed by atoms with Crippen molar-refractivity contribution < 1.29 is 19.7 Å². The molecular weight excluding hydrogens is 183 g/mol. The molecule has 0 saturated carbocycles. The second-order valence-electron chi connectivity index (χ2n) is 4.24. The van der Waals surface area contributed by atoms with E-state index in [1.807, 2.05) is 21.7 Å². The third-order valence-electron chi connectivity index (χ3n) is 3.18. The number of hydrogen-bond acceptors (Lipinski definition) is 4. The molecule has 0 bridgehead atoms. The van der Waals surface area contributed by atoms with Gasteiger partial charge in [-0.3, -0.25) is 0 Å². The molecule has 0 aromatic carbocycles. The van der Waals surface area contributed by atoms with Crippen LogP contribution in [0.4, 0.5) is 0 Å². The topological polar surface area (TPSA) is 58.9 Å². The molecule has 82 valence electrons. The standard InChI is InChI=1S/C9H19BO4/c1-5(2)9(4-11)7(12)6(13-3)8(10)14-9/h5-8,11-12H,4,10H2,1-3H3/t6-,7+,8-,9+/m1/s1. The van der Waals surface area contributed by atoms with Crippen molar-refractivity contribution in [1.82, 2.24) is 0 Å². The van der Waals surface area contributed by atoms with Crippen LogP contribution >= 0.6 is 0 Å². The fourth-order valence-corrected chi connectivity index (χ4v) is 2.13. The van der Waals surface area contributed by atoms with Crippen LogP contribution in [0.25, 0.3) is 0 Å². The maximum absolute atomic E-state index is 10.0. The summed E-state index contributed by atoms with van der Waals surface area (Å²) in [6.45, 7) is 3.66. The summed E-state index contributed by atoms with van der Waals surface area (Å²) in [5.41, 5.74) is -0.875. The molecule has 0 spiro atoms. The van der Waals surface area contributed by atoms with E-state index in [-0.39, 0.29) is 24.6 Å². The third-order valence-corrected chi connectivity index (χ3v) is 3.18. The van der Waals surface area contributed by atoms with E-state index in [1.54, 1.807) is 7.11 Å². The van der Waals surface area contributed by atoms with Gasteiger partial charge < -0.3 is 19.7 Å². The first-order valence-corrected chi connectivity index (χ1v) is 4.99. The molecule has 1 rings (SSSR count). The summed E-state index contributed by atoms with van der Waals surface area (Å²) in [6, 6.07) is -0.190. The number of hydrogen-bond donors (Lipinski definition) is 2. The third kappa shape index (κ3) is 1.58. The van der Waals surface area contributed by atoms with E-state index in [2.05, 4.69) is 0 Å². The van der Waals surface area contributed by atoms with E-state index in [4.69, 9.17) is 9.47 Å². The van der Waals surface area contributed by atoms with Gasteiger partial charge in [-0.2, -0.15) is 0 Å². The van der Waals surface area contributed by atoms with Crippen molar-refractivity contribution >= 4 is 7.85 Å². The minimum Gasteiger partial charge on any atom is -0.393 e. The second-order valence-corrected chi connectivity index (χ2v) is 4.24. The SMILES string of the molecule is B[C@@H]1O[C@@](CO)(C(C)C)[C@@H](O)[C@H]1OC. The average Bonchev–Trinajstić information content (AvgIpc) is 2.38. The number of ether oxygens (including phenoxy) is 2. The summed E-state index contributed by atoms with van der Waals surface area (Å²) < 4.78 is 10.8. The minimum absolute atomic E-state index is 0.0464. The Bertz CT molecular complexity index is 199. The Morgan fingerprint density at radius 3 is 2.36 bits per heavy atom. The number of rotatable bonds is 3. The van der Waals surface area contributed by atoms with Gasteiger partial charge in [-0.15, -0.1) is 0 Å². The van der Waals surface area contributed by atoms with E-state index in [9.17, 15) is 10.2 Å². The molecule has 1 aliphatic rings. The van der Waals surface area contributed by atoms with Crippen LogP contribution in [0.3, 0.4) is 0 Å². The number of aliphatic hydroxyl groups is 2. The molecule has 0 aromatic heterocycles. The van der Waals surface area contributed by atoms with Crippen LogP contribution < -0.4 is 0 Å². The van der Waals surface area contributed by atoms with Crippen LogP contribution in [0.1, 0.15) is 13.8 Å². The van der Waals surface area contributed by atoms with Crippen LogP contribution in [0.2, 0.25) is 0 Å². The fourth-order valence-electron chi connectivity index (χ4n) is 2.13. The Labute approximate surface area is 85.6 Å². The molecule has 2 N–H and O–H groups in total. The van der Waals surface area contributed by atoms with Crippen molar-refractivity contribution in [3.63, 3.8) is 0 Å². The summed E-state index contributed by atoms with van der Waals surface area (Å²) in [5.74, 6) is 0.0464. The van der Waals surface area contributed by atoms with Gasteiger partial charge in [-0.1, -0.05) is 13.8 Å². The van der Waals surface area contributed by atoms with Gasteiger partial charge in [0.25, 0.3) is 0 Å². The Hall–Kier alpha value is -0.0951. The molecule has 1 fully saturated rings. The largest absolute Gasteiger partial charge is 0.393 e. The Balaban J connectivity index is 2.91. The lowest BCUT2D eigenvalue weighted by Crippen LogP contribution is -2.50. The van der Waals surface area contributed by atoms with Gasteiger partial charge in [0.2, 0.25) is 0 Å². The zero-order chi connectivity index (χ0) is 10.9. The Kier molecular flexibility index (Phi) is 3.58. The fraction of sp³-hybridized carbons (Fsp3) is 1.00. The molecule has 14 heavy (non-hydrogen) atoms. The molecule has 4 nitrogen and oxygen atoms in total. The van der Waals surface area contributed by atoms with Crippen LogP contribution in [-0.2, 0) is 9.47 Å². The summed E-state index contributed by atoms with van der Waals surface area (Å²) in [5, 5.41) is 19.4. The van der Waals surface area contributed by atoms with Crippen molar-refractivity contribution in [2.24, 2.45) is 5.92 Å². The molecule has 1 aliphatic heterocycles. The highest BCUT2D eigenvalue weighted by Gasteiger charge is 2.54. The highest BCUT2D eigenvalue weighted by molar-refractivity contribution is 6.11. The van der Waals surface area contributed by atoms with Gasteiger partial charge in [0, 0.05) is 7.11 Å². The highest BCUT2D eigenvalue weighted by atomic mass is 16.6. The summed E-state index contributed by atoms with van der Waals surface area (Å²) in [7, 11) is 3.39. The maximum Gasteiger partial charge on any atom is 0.142 e. The van der Waals surface area contributed by atoms with Crippen LogP contribution in [0, 0.1) is 5.92 Å². The smallest absolute Gasteiger partial charge is 0.142 e. The molecule has 4 atom stereocenters. The van der Waals surface area contributed by atoms with E-state index in [0.717, 1.165) is 0 Å². The molecule has 0 aromatic rings. The van der Waals surface area contributed by atoms with Crippen molar-refractivity contribution in [3.8, 4) is 0 Å². The molecule has 0 radical (unpaired) electrons. The first-order chi connectivity index (χ1) is 6.49. The molecule has 0 amide bonds. The van der Waals surface area contributed by atoms with Crippen molar-refractivity contribution in [3.05, 3.63) is 0 Å². The van der Waals surface area contributed by atoms with Gasteiger partial charge in [0.15, 0.2) is 0 Å². The highest BCUT2D eigenvalue weighted by Crippen LogP contribution is 2.36. The quantitative estimate of drug-likeness (QED) is 0.561. The van der Waals surface area contributed by atoms with E-state index in [0.29, 0.717) is 0 Å². The van der Waals surface area contributed by atoms with E-state index >= 15 is 0 Å². The number of methoxy groups -OCH3 is 1. The van der Waals surface area contributed by atoms with Crippen molar-refractivity contribution in [2.45, 2.75) is 37.7 Å². The maximum atomic E-state index is 10.0. The Morgan fingerprint density at radius 2 is 2.14 bits per heavy atom. The van der Waals surface area contributed by atoms with Crippen molar-refractivity contribution in [1.29, 1.82) is 0 Å². The summed E-state index contributed by atoms with van der Waals surface area (Å²) >= 11 is 0. The van der Waals surface area contributed by atoms with Crippen LogP contribution in [-0.4, -0.2) is 55.6 Å². The van der Waals surface area contributed by atoms with E-state index < -0.39 is 11.7 Å². The average molecular weight is 202 g/mol. The second kappa shape index (κ2) is 4.19. The Morgan fingerprint density at radius 1 is 1.57 bits per heavy atom. The predicted octanol–water partition coefficient (Wildman–Crippen LogP) is -1.26. The molecule has 0 aliphatic carbocycles. The molecule has 1 saturated heterocycles. The molecule has 1 heterocycles. The van der Waals surface area contributed by atoms with Gasteiger partial charge in [0.1, 0.15) is 25.7 Å². The van der Waals surface area contributed by atoms with Gasteiger partial charge >= 0.3 is 0 Å². The molecule has 0 unspecified atom stereocenters. The predicted molar refractivity (Wildman–Crippen MR) is 54.9 cm³/mol. The van der Waals surface area contributed by atoms with Gasteiger partial charge in [-0.05, 0) is 5.92 Å². The van der Waals surface area contributed by atoms with Gasteiger partial charge in [-0.25, -0.2) is 0 Å². The van der Waals surface area contributed by atoms with E-state index in [1.165, 1.54) is 0 Å². The first-order valence-electron chi connectivity index (χ1n) is 4.99. The van der Waals surface area contributed by atoms with Crippen LogP contribution in [0.5, 0.6) is 0 Å². The monoisotopic (exact) mass is 202 g/mol. The molecular formula is C9H19BO4. The summed E-state index contributed by atoms with van der Waals surface area (Å²) in [4.78, 5) is 0. The lowest BCUT2D eigenvalue weighted by molar-refractivity contribution is -0.128. The lowest BCUT2D eigenvalue weighted by atomic mass is 9.83.